The van der Waals surface area contributed by atoms with Crippen molar-refractivity contribution in [2.24, 2.45) is 0 Å². The monoisotopic (exact) mass is 815 g/mol. The highest BCUT2D eigenvalue weighted by Crippen LogP contribution is 2.63. The molecule has 10 aromatic carbocycles. The molecule has 64 heavy (non-hydrogen) atoms. The van der Waals surface area contributed by atoms with Gasteiger partial charge in [0.15, 0.2) is 5.58 Å². The van der Waals surface area contributed by atoms with Crippen LogP contribution in [0.3, 0.4) is 0 Å². The van der Waals surface area contributed by atoms with Crippen molar-refractivity contribution in [3.63, 3.8) is 0 Å². The number of benzene rings is 10. The molecule has 3 nitrogen and oxygen atoms in total. The van der Waals surface area contributed by atoms with Crippen molar-refractivity contribution in [2.45, 2.75) is 5.41 Å². The van der Waals surface area contributed by atoms with Crippen LogP contribution >= 0.6 is 0 Å². The largest absolute Gasteiger partial charge is 0.455 e. The summed E-state index contributed by atoms with van der Waals surface area (Å²) in [6.45, 7) is 0. The molecule has 14 rings (SSSR count). The van der Waals surface area contributed by atoms with Crippen LogP contribution in [0.15, 0.2) is 233 Å². The van der Waals surface area contributed by atoms with Gasteiger partial charge in [-0.05, 0) is 104 Å². The Bertz CT molecular complexity index is 3860. The van der Waals surface area contributed by atoms with Crippen LogP contribution < -0.4 is 4.90 Å². The first-order chi connectivity index (χ1) is 31.8. The van der Waals surface area contributed by atoms with Crippen molar-refractivity contribution in [3.05, 3.63) is 247 Å². The fourth-order valence-corrected chi connectivity index (χ4v) is 11.3. The smallest absolute Gasteiger partial charge is 0.159 e. The highest BCUT2D eigenvalue weighted by atomic mass is 16.3. The van der Waals surface area contributed by atoms with Crippen LogP contribution in [-0.2, 0) is 5.41 Å². The molecule has 2 heterocycles. The van der Waals surface area contributed by atoms with Crippen molar-refractivity contribution in [1.82, 2.24) is 0 Å². The van der Waals surface area contributed by atoms with Crippen LogP contribution in [0.4, 0.5) is 17.1 Å². The molecule has 2 aromatic heterocycles. The molecule has 12 aromatic rings. The fourth-order valence-electron chi connectivity index (χ4n) is 11.3. The summed E-state index contributed by atoms with van der Waals surface area (Å²) >= 11 is 0. The van der Waals surface area contributed by atoms with E-state index in [0.29, 0.717) is 0 Å². The number of para-hydroxylation sites is 3. The Hall–Kier alpha value is -8.40. The second kappa shape index (κ2) is 13.3. The van der Waals surface area contributed by atoms with Gasteiger partial charge in [0.2, 0.25) is 0 Å². The maximum atomic E-state index is 6.92. The highest BCUT2D eigenvalue weighted by molar-refractivity contribution is 6.14. The van der Waals surface area contributed by atoms with E-state index in [2.05, 4.69) is 223 Å². The first-order valence-electron chi connectivity index (χ1n) is 22.0. The molecular formula is C61H37NO2. The summed E-state index contributed by atoms with van der Waals surface area (Å²) in [6, 6.07) is 81.7. The van der Waals surface area contributed by atoms with Crippen LogP contribution in [0, 0.1) is 0 Å². The van der Waals surface area contributed by atoms with Gasteiger partial charge in [0.05, 0.1) is 11.1 Å². The summed E-state index contributed by atoms with van der Waals surface area (Å²) in [6.07, 6.45) is 0. The van der Waals surface area contributed by atoms with Crippen LogP contribution in [0.5, 0.6) is 0 Å². The molecule has 0 N–H and O–H groups in total. The summed E-state index contributed by atoms with van der Waals surface area (Å²) in [7, 11) is 0. The zero-order chi connectivity index (χ0) is 41.9. The lowest BCUT2D eigenvalue weighted by molar-refractivity contribution is 0.668. The van der Waals surface area contributed by atoms with E-state index in [4.69, 9.17) is 8.83 Å². The Morgan fingerprint density at radius 3 is 1.58 bits per heavy atom. The molecule has 0 fully saturated rings. The van der Waals surface area contributed by atoms with Crippen LogP contribution in [0.25, 0.3) is 88.4 Å². The van der Waals surface area contributed by atoms with Crippen molar-refractivity contribution < 1.29 is 8.83 Å². The van der Waals surface area contributed by atoms with Gasteiger partial charge < -0.3 is 13.7 Å². The molecule has 1 unspecified atom stereocenters. The van der Waals surface area contributed by atoms with Gasteiger partial charge >= 0.3 is 0 Å². The van der Waals surface area contributed by atoms with Crippen molar-refractivity contribution in [2.75, 3.05) is 4.90 Å². The van der Waals surface area contributed by atoms with Gasteiger partial charge in [0, 0.05) is 38.5 Å². The van der Waals surface area contributed by atoms with Gasteiger partial charge in [-0.1, -0.05) is 182 Å². The van der Waals surface area contributed by atoms with E-state index in [9.17, 15) is 0 Å². The maximum Gasteiger partial charge on any atom is 0.159 e. The average Bonchev–Trinajstić information content (AvgIpc) is 4.01. The van der Waals surface area contributed by atoms with E-state index >= 15 is 0 Å². The SMILES string of the molecule is c1ccc(-c2ccc(N(c3ccc4c(c3)C3(c5ccccc5-c5ccccc5-4)c4ccccc4-c4c3ccc3c4oc4ccccc43)c3cccc4c3oc3ccccc34)cc2)cc1. The van der Waals surface area contributed by atoms with Gasteiger partial charge in [-0.3, -0.25) is 0 Å². The topological polar surface area (TPSA) is 29.5 Å². The van der Waals surface area contributed by atoms with Crippen molar-refractivity contribution in [3.8, 4) is 44.5 Å². The minimum atomic E-state index is -0.714. The van der Waals surface area contributed by atoms with E-state index in [1.807, 2.05) is 6.07 Å². The summed E-state index contributed by atoms with van der Waals surface area (Å²) in [5.74, 6) is 0. The maximum absolute atomic E-state index is 6.92. The number of anilines is 3. The van der Waals surface area contributed by atoms with Crippen molar-refractivity contribution in [1.29, 1.82) is 0 Å². The zero-order valence-electron chi connectivity index (χ0n) is 34.6. The second-order valence-electron chi connectivity index (χ2n) is 17.1. The van der Waals surface area contributed by atoms with E-state index in [1.165, 1.54) is 55.6 Å². The van der Waals surface area contributed by atoms with Gasteiger partial charge in [-0.2, -0.15) is 0 Å². The summed E-state index contributed by atoms with van der Waals surface area (Å²) < 4.78 is 13.7. The number of rotatable bonds is 4. The number of hydrogen-bond acceptors (Lipinski definition) is 3. The van der Waals surface area contributed by atoms with E-state index < -0.39 is 5.41 Å². The second-order valence-corrected chi connectivity index (χ2v) is 17.1. The Labute approximate surface area is 369 Å². The Balaban J connectivity index is 1.10. The predicted octanol–water partition coefficient (Wildman–Crippen LogP) is 16.6. The quantitative estimate of drug-likeness (QED) is 0.177. The van der Waals surface area contributed by atoms with Gasteiger partial charge in [0.1, 0.15) is 16.7 Å². The van der Waals surface area contributed by atoms with E-state index in [1.54, 1.807) is 0 Å². The standard InChI is InChI=1S/C61H37NO2/c1-2-15-38(16-3-1)39-29-31-40(32-30-39)62(55-26-14-23-48-46-20-8-12-27-56(46)63-59(48)55)41-33-34-45-43-18-5-4-17-42(43)44-19-6-10-24-51(44)61(54(45)37-41)52-25-11-7-22-50(52)58-53(61)36-35-49-47-21-9-13-28-57(47)64-60(49)58/h1-37H. The normalized spacial score (nSPS) is 14.6. The lowest BCUT2D eigenvalue weighted by Gasteiger charge is -2.36. The Morgan fingerprint density at radius 1 is 0.312 bits per heavy atom. The Kier molecular flexibility index (Phi) is 7.32. The molecule has 1 atom stereocenters. The molecule has 0 radical (unpaired) electrons. The minimum absolute atomic E-state index is 0.714. The molecule has 1 spiro atoms. The summed E-state index contributed by atoms with van der Waals surface area (Å²) in [4.78, 5) is 2.39. The number of furan rings is 2. The summed E-state index contributed by atoms with van der Waals surface area (Å²) in [5, 5.41) is 4.44. The van der Waals surface area contributed by atoms with Crippen LogP contribution in [-0.4, -0.2) is 0 Å². The van der Waals surface area contributed by atoms with Gasteiger partial charge in [-0.25, -0.2) is 0 Å². The van der Waals surface area contributed by atoms with Gasteiger partial charge in [-0.15, -0.1) is 0 Å². The van der Waals surface area contributed by atoms with Crippen molar-refractivity contribution >= 4 is 60.9 Å². The molecule has 3 heteroatoms. The molecule has 0 bridgehead atoms. The van der Waals surface area contributed by atoms with Crippen LogP contribution in [0.1, 0.15) is 22.3 Å². The fraction of sp³-hybridized carbons (Fsp3) is 0.0164. The molecule has 2 aliphatic carbocycles. The molecule has 2 aliphatic rings. The van der Waals surface area contributed by atoms with Crippen LogP contribution in [0.2, 0.25) is 0 Å². The molecule has 298 valence electrons. The lowest BCUT2D eigenvalue weighted by Crippen LogP contribution is -2.29. The molecular weight excluding hydrogens is 779 g/mol. The van der Waals surface area contributed by atoms with E-state index in [0.717, 1.165) is 72.1 Å². The lowest BCUT2D eigenvalue weighted by atomic mass is 9.65. The summed E-state index contributed by atoms with van der Waals surface area (Å²) in [5.41, 5.74) is 20.3. The Morgan fingerprint density at radius 2 is 0.844 bits per heavy atom. The number of fused-ring (bicyclic) bond motifs is 19. The predicted molar refractivity (Wildman–Crippen MR) is 263 cm³/mol. The zero-order valence-corrected chi connectivity index (χ0v) is 34.6. The first kappa shape index (κ1) is 35.2. The van der Waals surface area contributed by atoms with E-state index in [-0.39, 0.29) is 0 Å². The molecule has 0 saturated carbocycles. The van der Waals surface area contributed by atoms with Gasteiger partial charge in [0.25, 0.3) is 0 Å². The molecule has 0 saturated heterocycles. The third-order valence-electron chi connectivity index (χ3n) is 13.9. The third kappa shape index (κ3) is 4.76. The third-order valence-corrected chi connectivity index (χ3v) is 13.9. The highest BCUT2D eigenvalue weighted by Gasteiger charge is 2.51. The minimum Gasteiger partial charge on any atom is -0.455 e. The molecule has 0 aliphatic heterocycles. The molecule has 0 amide bonds. The average molecular weight is 816 g/mol. The number of hydrogen-bond donors (Lipinski definition) is 0. The first-order valence-corrected chi connectivity index (χ1v) is 22.0. The number of nitrogens with zero attached hydrogens (tertiary/aromatic N) is 1.